The number of hydrogen-bond acceptors (Lipinski definition) is 4. The summed E-state index contributed by atoms with van der Waals surface area (Å²) < 4.78 is 16.2. The van der Waals surface area contributed by atoms with E-state index < -0.39 is 5.66 Å². The summed E-state index contributed by atoms with van der Waals surface area (Å²) in [4.78, 5) is 34.3. The van der Waals surface area contributed by atoms with Crippen molar-refractivity contribution >= 4 is 22.8 Å². The molecule has 38 heavy (non-hydrogen) atoms. The number of rotatable bonds is 6. The molecule has 0 radical (unpaired) electrons. The van der Waals surface area contributed by atoms with Gasteiger partial charge in [0.1, 0.15) is 17.3 Å². The first kappa shape index (κ1) is 25.0. The molecule has 0 spiro atoms. The Kier molecular flexibility index (Phi) is 6.25. The number of carbonyl (C=O) groups is 2. The number of aromatic nitrogens is 2. The topological polar surface area (TPSA) is 70.5 Å². The van der Waals surface area contributed by atoms with Gasteiger partial charge in [-0.05, 0) is 56.7 Å². The monoisotopic (exact) mass is 517 g/mol. The van der Waals surface area contributed by atoms with E-state index in [0.717, 1.165) is 49.0 Å². The molecule has 1 N–H and O–H groups in total. The largest absolute Gasteiger partial charge is 0.341 e. The predicted molar refractivity (Wildman–Crippen MR) is 144 cm³/mol. The van der Waals surface area contributed by atoms with Crippen LogP contribution < -0.4 is 5.32 Å². The highest BCUT2D eigenvalue weighted by Crippen LogP contribution is 2.48. The number of nitrogens with one attached hydrogen (secondary N) is 1. The normalized spacial score (nSPS) is 25.3. The Hall–Kier alpha value is -3.26. The molecule has 2 bridgehead atoms. The van der Waals surface area contributed by atoms with Crippen LogP contribution in [0.5, 0.6) is 0 Å². The van der Waals surface area contributed by atoms with Crippen molar-refractivity contribution < 1.29 is 14.0 Å². The number of amides is 2. The smallest absolute Gasteiger partial charge is 0.228 e. The highest BCUT2D eigenvalue weighted by Gasteiger charge is 2.53. The van der Waals surface area contributed by atoms with Gasteiger partial charge in [-0.3, -0.25) is 14.5 Å². The van der Waals surface area contributed by atoms with Gasteiger partial charge >= 0.3 is 0 Å². The number of nitrogens with zero attached hydrogens (tertiary/aromatic N) is 4. The maximum atomic E-state index is 13.9. The molecule has 0 aliphatic carbocycles. The van der Waals surface area contributed by atoms with Gasteiger partial charge in [-0.25, -0.2) is 9.37 Å². The molecule has 4 atom stereocenters. The number of halogens is 1. The number of fused-ring (bicyclic) bond motifs is 3. The van der Waals surface area contributed by atoms with Gasteiger partial charge in [-0.2, -0.15) is 0 Å². The van der Waals surface area contributed by atoms with E-state index in [0.29, 0.717) is 30.7 Å². The van der Waals surface area contributed by atoms with Gasteiger partial charge in [-0.15, -0.1) is 0 Å². The molecule has 2 amide bonds. The molecule has 1 unspecified atom stereocenters. The first-order valence-corrected chi connectivity index (χ1v) is 13.9. The molecule has 2 aromatic carbocycles. The Labute approximate surface area is 223 Å². The molecule has 7 nitrogen and oxygen atoms in total. The van der Waals surface area contributed by atoms with Gasteiger partial charge in [-0.1, -0.05) is 37.3 Å². The van der Waals surface area contributed by atoms with Crippen molar-refractivity contribution in [2.75, 3.05) is 13.1 Å². The van der Waals surface area contributed by atoms with Crippen LogP contribution >= 0.6 is 0 Å². The molecule has 3 aromatic rings. The summed E-state index contributed by atoms with van der Waals surface area (Å²) in [5.74, 6) is 0.518. The van der Waals surface area contributed by atoms with Crippen molar-refractivity contribution in [1.29, 1.82) is 0 Å². The Balaban J connectivity index is 1.32. The third-order valence-corrected chi connectivity index (χ3v) is 9.13. The Morgan fingerprint density at radius 3 is 2.37 bits per heavy atom. The lowest BCUT2D eigenvalue weighted by Crippen LogP contribution is -2.66. The first-order valence-electron chi connectivity index (χ1n) is 13.9. The molecular formula is C30H36FN5O2. The predicted octanol–water partition coefficient (Wildman–Crippen LogP) is 4.51. The minimum Gasteiger partial charge on any atom is -0.341 e. The molecule has 8 heteroatoms. The van der Waals surface area contributed by atoms with Gasteiger partial charge in [0.2, 0.25) is 11.8 Å². The van der Waals surface area contributed by atoms with Crippen molar-refractivity contribution in [2.45, 2.75) is 76.7 Å². The van der Waals surface area contributed by atoms with Crippen LogP contribution in [0.15, 0.2) is 48.5 Å². The lowest BCUT2D eigenvalue weighted by molar-refractivity contribution is -0.145. The Morgan fingerprint density at radius 1 is 1.05 bits per heavy atom. The average molecular weight is 518 g/mol. The number of piperidine rings is 1. The van der Waals surface area contributed by atoms with Gasteiger partial charge < -0.3 is 14.8 Å². The summed E-state index contributed by atoms with van der Waals surface area (Å²) in [7, 11) is 0. The molecule has 3 aliphatic heterocycles. The zero-order valence-electron chi connectivity index (χ0n) is 22.4. The number of carbonyl (C=O) groups excluding carboxylic acids is 2. The molecule has 1 aromatic heterocycles. The van der Waals surface area contributed by atoms with Gasteiger partial charge in [0.25, 0.3) is 0 Å². The molecular weight excluding hydrogens is 481 g/mol. The zero-order chi connectivity index (χ0) is 26.6. The average Bonchev–Trinajstić information content (AvgIpc) is 3.33. The number of imidazole rings is 1. The summed E-state index contributed by atoms with van der Waals surface area (Å²) in [6.07, 6.45) is 4.80. The lowest BCUT2D eigenvalue weighted by Gasteiger charge is -2.52. The van der Waals surface area contributed by atoms with Crippen LogP contribution in [0.2, 0.25) is 0 Å². The van der Waals surface area contributed by atoms with E-state index in [4.69, 9.17) is 0 Å². The van der Waals surface area contributed by atoms with Crippen LogP contribution in [-0.4, -0.2) is 56.3 Å². The van der Waals surface area contributed by atoms with Crippen molar-refractivity contribution in [2.24, 2.45) is 5.92 Å². The van der Waals surface area contributed by atoms with Gasteiger partial charge in [0, 0.05) is 44.2 Å². The summed E-state index contributed by atoms with van der Waals surface area (Å²) >= 11 is 0. The summed E-state index contributed by atoms with van der Waals surface area (Å²) in [6.45, 7) is 6.69. The van der Waals surface area contributed by atoms with E-state index in [9.17, 15) is 14.0 Å². The zero-order valence-corrected chi connectivity index (χ0v) is 22.4. The second kappa shape index (κ2) is 9.49. The summed E-state index contributed by atoms with van der Waals surface area (Å²) in [6, 6.07) is 16.1. The van der Waals surface area contributed by atoms with Gasteiger partial charge in [0.15, 0.2) is 0 Å². The summed E-state index contributed by atoms with van der Waals surface area (Å²) in [5, 5.41) is 3.51. The van der Waals surface area contributed by atoms with E-state index in [1.807, 2.05) is 31.2 Å². The maximum absolute atomic E-state index is 13.9. The Morgan fingerprint density at radius 2 is 1.74 bits per heavy atom. The fourth-order valence-corrected chi connectivity index (χ4v) is 7.32. The van der Waals surface area contributed by atoms with Crippen LogP contribution in [0.3, 0.4) is 0 Å². The minimum atomic E-state index is -0.610. The molecule has 3 saturated heterocycles. The molecule has 4 heterocycles. The van der Waals surface area contributed by atoms with Crippen molar-refractivity contribution in [3.8, 4) is 0 Å². The van der Waals surface area contributed by atoms with E-state index in [1.165, 1.54) is 12.1 Å². The fourth-order valence-electron chi connectivity index (χ4n) is 7.32. The summed E-state index contributed by atoms with van der Waals surface area (Å²) in [5.41, 5.74) is 2.19. The highest BCUT2D eigenvalue weighted by atomic mass is 19.1. The second-order valence-electron chi connectivity index (χ2n) is 11.3. The third-order valence-electron chi connectivity index (χ3n) is 9.13. The minimum absolute atomic E-state index is 0.0176. The highest BCUT2D eigenvalue weighted by molar-refractivity contribution is 5.84. The molecule has 3 aliphatic rings. The molecule has 6 rings (SSSR count). The van der Waals surface area contributed by atoms with Crippen molar-refractivity contribution in [3.05, 3.63) is 65.7 Å². The maximum Gasteiger partial charge on any atom is 0.228 e. The number of likely N-dealkylation sites (tertiary alicyclic amines) is 1. The van der Waals surface area contributed by atoms with Crippen LogP contribution in [-0.2, 0) is 15.3 Å². The van der Waals surface area contributed by atoms with Gasteiger partial charge in [0.05, 0.1) is 17.0 Å². The Bertz CT molecular complexity index is 1350. The van der Waals surface area contributed by atoms with E-state index in [1.54, 1.807) is 11.8 Å². The van der Waals surface area contributed by atoms with Crippen LogP contribution in [0.4, 0.5) is 4.39 Å². The standard InChI is InChI=1S/C30H36FN5O2/c1-4-30(22-8-6-5-7-9-22,33-29(38)21-17-34(18-21)20(3)37)36-24-11-12-25(36)16-26(15-24)35-19(2)32-27-14-23(31)10-13-28(27)35/h5-10,13-14,21,24-26H,4,11-12,15-18H2,1-3H3,(H,33,38)/t24-,25+,26?,30-/m0/s1. The third kappa shape index (κ3) is 4.01. The fraction of sp³-hybridized carbons (Fsp3) is 0.500. The van der Waals surface area contributed by atoms with E-state index in [2.05, 4.69) is 38.8 Å². The lowest BCUT2D eigenvalue weighted by atomic mass is 9.86. The van der Waals surface area contributed by atoms with Crippen LogP contribution in [0.1, 0.15) is 63.4 Å². The molecule has 3 fully saturated rings. The number of benzene rings is 2. The first-order chi connectivity index (χ1) is 18.3. The SMILES string of the molecule is CC[C@@](NC(=O)C1CN(C(C)=O)C1)(c1ccccc1)N1[C@@H]2CC[C@H]1CC(n1c(C)nc3cc(F)ccc31)C2. The number of hydrogen-bond donors (Lipinski definition) is 1. The van der Waals surface area contributed by atoms with E-state index in [-0.39, 0.29) is 29.6 Å². The van der Waals surface area contributed by atoms with E-state index >= 15 is 0 Å². The quantitative estimate of drug-likeness (QED) is 0.522. The van der Waals surface area contributed by atoms with Crippen LogP contribution in [0.25, 0.3) is 11.0 Å². The second-order valence-corrected chi connectivity index (χ2v) is 11.3. The van der Waals surface area contributed by atoms with Crippen molar-refractivity contribution in [1.82, 2.24) is 24.7 Å². The molecule has 0 saturated carbocycles. The van der Waals surface area contributed by atoms with Crippen LogP contribution in [0, 0.1) is 18.7 Å². The number of aryl methyl sites for hydroxylation is 1. The van der Waals surface area contributed by atoms with Crippen molar-refractivity contribution in [3.63, 3.8) is 0 Å². The molecule has 200 valence electrons.